The van der Waals surface area contributed by atoms with Crippen LogP contribution in [0.15, 0.2) is 35.4 Å². The smallest absolute Gasteiger partial charge is 0.337 e. The van der Waals surface area contributed by atoms with Crippen molar-refractivity contribution < 1.29 is 9.90 Å². The highest BCUT2D eigenvalue weighted by Gasteiger charge is 2.26. The van der Waals surface area contributed by atoms with Crippen LogP contribution in [-0.4, -0.2) is 16.1 Å². The average molecular weight is 323 g/mol. The van der Waals surface area contributed by atoms with Crippen molar-refractivity contribution in [1.82, 2.24) is 4.98 Å². The first-order valence-corrected chi connectivity index (χ1v) is 8.46. The van der Waals surface area contributed by atoms with E-state index in [1.165, 1.54) is 24.0 Å². The molecule has 1 N–H and O–H groups in total. The second-order valence-corrected chi connectivity index (χ2v) is 6.88. The molecule has 0 unspecified atom stereocenters. The number of aromatic nitrogens is 1. The summed E-state index contributed by atoms with van der Waals surface area (Å²) in [7, 11) is 0. The molecule has 126 valence electrons. The zero-order valence-electron chi connectivity index (χ0n) is 14.9. The maximum Gasteiger partial charge on any atom is 0.337 e. The summed E-state index contributed by atoms with van der Waals surface area (Å²) in [6.07, 6.45) is 8.19. The normalized spacial score (nSPS) is 16.8. The highest BCUT2D eigenvalue weighted by molar-refractivity contribution is 5.88. The Balaban J connectivity index is 2.20. The Morgan fingerprint density at radius 3 is 2.79 bits per heavy atom. The van der Waals surface area contributed by atoms with Crippen LogP contribution >= 0.6 is 0 Å². The van der Waals surface area contributed by atoms with E-state index in [-0.39, 0.29) is 11.0 Å². The van der Waals surface area contributed by atoms with Gasteiger partial charge in [0.05, 0.1) is 11.3 Å². The van der Waals surface area contributed by atoms with E-state index in [2.05, 4.69) is 43.7 Å². The number of carboxylic acids is 1. The van der Waals surface area contributed by atoms with Gasteiger partial charge in [-0.25, -0.2) is 9.78 Å². The summed E-state index contributed by atoms with van der Waals surface area (Å²) in [4.78, 5) is 15.5. The Kier molecular flexibility index (Phi) is 5.62. The molecular formula is C21H25NO2. The van der Waals surface area contributed by atoms with E-state index in [9.17, 15) is 4.79 Å². The molecule has 1 aliphatic rings. The van der Waals surface area contributed by atoms with Crippen LogP contribution in [0.5, 0.6) is 0 Å². The lowest BCUT2D eigenvalue weighted by Gasteiger charge is -2.32. The molecule has 0 saturated carbocycles. The monoisotopic (exact) mass is 323 g/mol. The van der Waals surface area contributed by atoms with Crippen molar-refractivity contribution in [2.45, 2.75) is 53.4 Å². The number of nitrogens with zero attached hydrogens (tertiary/aromatic N) is 1. The van der Waals surface area contributed by atoms with Crippen LogP contribution in [0, 0.1) is 17.3 Å². The molecule has 0 aliphatic heterocycles. The minimum atomic E-state index is -0.944. The first-order chi connectivity index (χ1) is 11.3. The van der Waals surface area contributed by atoms with Gasteiger partial charge in [-0.3, -0.25) is 0 Å². The fraction of sp³-hybridized carbons (Fsp3) is 0.429. The highest BCUT2D eigenvalue weighted by atomic mass is 16.4. The topological polar surface area (TPSA) is 50.2 Å². The standard InChI is InChI=1S/C21H25NO2/c1-5-19-17(20(23)24)13-12-16(22-19)10-6-7-11-18-15(2)9-8-14-21(18,3)4/h7,11-13H,5,8-9,14H2,1-4H3,(H,23,24). The molecule has 0 radical (unpaired) electrons. The summed E-state index contributed by atoms with van der Waals surface area (Å²) >= 11 is 0. The number of hydrogen-bond donors (Lipinski definition) is 1. The third kappa shape index (κ3) is 4.14. The molecule has 1 heterocycles. The minimum Gasteiger partial charge on any atom is -0.478 e. The fourth-order valence-corrected chi connectivity index (χ4v) is 3.29. The zero-order valence-corrected chi connectivity index (χ0v) is 14.9. The van der Waals surface area contributed by atoms with Gasteiger partial charge in [-0.2, -0.15) is 0 Å². The van der Waals surface area contributed by atoms with Crippen molar-refractivity contribution in [2.24, 2.45) is 5.41 Å². The van der Waals surface area contributed by atoms with Gasteiger partial charge in [0.2, 0.25) is 0 Å². The summed E-state index contributed by atoms with van der Waals surface area (Å²) < 4.78 is 0. The van der Waals surface area contributed by atoms with Gasteiger partial charge in [0.25, 0.3) is 0 Å². The van der Waals surface area contributed by atoms with Crippen LogP contribution < -0.4 is 0 Å². The molecule has 1 aromatic rings. The Hall–Kier alpha value is -2.34. The summed E-state index contributed by atoms with van der Waals surface area (Å²) in [5, 5.41) is 9.13. The number of carbonyl (C=O) groups is 1. The van der Waals surface area contributed by atoms with Crippen LogP contribution in [0.4, 0.5) is 0 Å². The number of aromatic carboxylic acids is 1. The zero-order chi connectivity index (χ0) is 17.7. The third-order valence-electron chi connectivity index (χ3n) is 4.62. The molecule has 0 saturated heterocycles. The van der Waals surface area contributed by atoms with Gasteiger partial charge >= 0.3 is 5.97 Å². The summed E-state index contributed by atoms with van der Waals surface area (Å²) in [5.74, 6) is 5.09. The Bertz CT molecular complexity index is 758. The van der Waals surface area contributed by atoms with Crippen LogP contribution in [0.2, 0.25) is 0 Å². The van der Waals surface area contributed by atoms with Gasteiger partial charge in [-0.15, -0.1) is 0 Å². The highest BCUT2D eigenvalue weighted by Crippen LogP contribution is 2.40. The van der Waals surface area contributed by atoms with Crippen LogP contribution in [-0.2, 0) is 6.42 Å². The van der Waals surface area contributed by atoms with Gasteiger partial charge in [0, 0.05) is 0 Å². The molecule has 0 spiro atoms. The molecule has 0 amide bonds. The van der Waals surface area contributed by atoms with Gasteiger partial charge < -0.3 is 5.11 Å². The predicted molar refractivity (Wildman–Crippen MR) is 96.9 cm³/mol. The molecule has 0 bridgehead atoms. The molecule has 0 fully saturated rings. The fourth-order valence-electron chi connectivity index (χ4n) is 3.29. The lowest BCUT2D eigenvalue weighted by Crippen LogP contribution is -2.18. The van der Waals surface area contributed by atoms with Gasteiger partial charge in [-0.1, -0.05) is 38.3 Å². The molecule has 2 rings (SSSR count). The quantitative estimate of drug-likeness (QED) is 0.815. The maximum absolute atomic E-state index is 11.1. The second kappa shape index (κ2) is 7.49. The van der Waals surface area contributed by atoms with Gasteiger partial charge in [0.15, 0.2) is 0 Å². The SMILES string of the molecule is CCc1nc(C#CC=CC2=C(C)CCCC2(C)C)ccc1C(=O)O. The minimum absolute atomic E-state index is 0.206. The van der Waals surface area contributed by atoms with Crippen molar-refractivity contribution in [3.63, 3.8) is 0 Å². The number of hydrogen-bond acceptors (Lipinski definition) is 2. The Morgan fingerprint density at radius 1 is 1.42 bits per heavy atom. The van der Waals surface area contributed by atoms with Crippen molar-refractivity contribution in [3.8, 4) is 11.8 Å². The first kappa shape index (κ1) is 18.0. The molecule has 0 atom stereocenters. The number of pyridine rings is 1. The predicted octanol–water partition coefficient (Wildman–Crippen LogP) is 4.78. The van der Waals surface area contributed by atoms with Crippen molar-refractivity contribution in [2.75, 3.05) is 0 Å². The Morgan fingerprint density at radius 2 is 2.17 bits per heavy atom. The largest absolute Gasteiger partial charge is 0.478 e. The lowest BCUT2D eigenvalue weighted by atomic mass is 9.73. The van der Waals surface area contributed by atoms with Crippen LogP contribution in [0.3, 0.4) is 0 Å². The van der Waals surface area contributed by atoms with Crippen molar-refractivity contribution in [1.29, 1.82) is 0 Å². The van der Waals surface area contributed by atoms with E-state index < -0.39 is 5.97 Å². The van der Waals surface area contributed by atoms with E-state index in [1.54, 1.807) is 12.1 Å². The molecule has 3 heteroatoms. The Labute approximate surface area is 144 Å². The van der Waals surface area contributed by atoms with E-state index in [0.717, 1.165) is 6.42 Å². The van der Waals surface area contributed by atoms with E-state index in [4.69, 9.17) is 5.11 Å². The third-order valence-corrected chi connectivity index (χ3v) is 4.62. The second-order valence-electron chi connectivity index (χ2n) is 6.88. The number of aryl methyl sites for hydroxylation is 1. The van der Waals surface area contributed by atoms with E-state index in [0.29, 0.717) is 17.8 Å². The number of rotatable bonds is 3. The van der Waals surface area contributed by atoms with E-state index in [1.807, 2.05) is 13.0 Å². The lowest BCUT2D eigenvalue weighted by molar-refractivity contribution is 0.0695. The van der Waals surface area contributed by atoms with E-state index >= 15 is 0 Å². The van der Waals surface area contributed by atoms with Crippen LogP contribution in [0.1, 0.15) is 68.7 Å². The molecule has 24 heavy (non-hydrogen) atoms. The van der Waals surface area contributed by atoms with Gasteiger partial charge in [-0.05, 0) is 67.7 Å². The number of allylic oxidation sites excluding steroid dienone is 4. The molecule has 1 aliphatic carbocycles. The van der Waals surface area contributed by atoms with Crippen molar-refractivity contribution in [3.05, 3.63) is 52.4 Å². The first-order valence-electron chi connectivity index (χ1n) is 8.46. The molecule has 3 nitrogen and oxygen atoms in total. The average Bonchev–Trinajstić information content (AvgIpc) is 2.52. The molecular weight excluding hydrogens is 298 g/mol. The maximum atomic E-state index is 11.1. The summed E-state index contributed by atoms with van der Waals surface area (Å²) in [6, 6.07) is 3.25. The van der Waals surface area contributed by atoms with Crippen molar-refractivity contribution >= 4 is 5.97 Å². The summed E-state index contributed by atoms with van der Waals surface area (Å²) in [6.45, 7) is 8.66. The van der Waals surface area contributed by atoms with Crippen LogP contribution in [0.25, 0.3) is 0 Å². The molecule has 1 aromatic heterocycles. The summed E-state index contributed by atoms with van der Waals surface area (Å²) in [5.41, 5.74) is 4.47. The van der Waals surface area contributed by atoms with Gasteiger partial charge in [0.1, 0.15) is 5.69 Å². The number of carboxylic acid groups (broad SMARTS) is 1. The molecule has 0 aromatic carbocycles.